The molecule has 0 radical (unpaired) electrons. The van der Waals surface area contributed by atoms with E-state index in [0.717, 1.165) is 0 Å². The van der Waals surface area contributed by atoms with E-state index in [1.165, 1.54) is 0 Å². The molecular formula is CH3Cl3O3P+. The van der Waals surface area contributed by atoms with Crippen LogP contribution in [0.5, 0.6) is 0 Å². The summed E-state index contributed by atoms with van der Waals surface area (Å²) >= 11 is 14.4. The molecule has 0 saturated carbocycles. The molecule has 0 fully saturated rings. The third-order valence-corrected chi connectivity index (χ3v) is 0. The standard InChI is InChI=1S/CHCl3.HO3P/c2-1(3)4;1-4(2)3/h1H;(H-,1,2,3)/p+1. The van der Waals surface area contributed by atoms with Gasteiger partial charge < -0.3 is 0 Å². The molecule has 0 aromatic heterocycles. The maximum atomic E-state index is 8.70. The molecule has 0 bridgehead atoms. The predicted molar refractivity (Wildman–Crippen MR) is 33.4 cm³/mol. The first-order valence-electron chi connectivity index (χ1n) is 1.24. The summed E-state index contributed by atoms with van der Waals surface area (Å²) in [4.78, 5) is 14.2. The molecule has 0 amide bonds. The second kappa shape index (κ2) is 7.89. The van der Waals surface area contributed by atoms with Crippen LogP contribution in [0.3, 0.4) is 0 Å². The van der Waals surface area contributed by atoms with Crippen molar-refractivity contribution in [3.63, 3.8) is 0 Å². The summed E-state index contributed by atoms with van der Waals surface area (Å²) < 4.78 is 7.95. The van der Waals surface area contributed by atoms with E-state index in [2.05, 4.69) is 0 Å². The molecule has 0 spiro atoms. The molecule has 2 N–H and O–H groups in total. The van der Waals surface area contributed by atoms with Crippen LogP contribution in [-0.4, -0.2) is 14.1 Å². The Labute approximate surface area is 62.1 Å². The molecular weight excluding hydrogens is 197 g/mol. The Balaban J connectivity index is 0. The molecule has 50 valence electrons. The van der Waals surface area contributed by atoms with Crippen molar-refractivity contribution in [3.8, 4) is 0 Å². The third-order valence-electron chi connectivity index (χ3n) is 0. The Kier molecular flexibility index (Phi) is 11.5. The predicted octanol–water partition coefficient (Wildman–Crippen LogP) is 1.61. The van der Waals surface area contributed by atoms with Crippen LogP contribution in [0.2, 0.25) is 0 Å². The van der Waals surface area contributed by atoms with Crippen molar-refractivity contribution < 1.29 is 14.4 Å². The second-order valence-corrected chi connectivity index (χ2v) is 2.99. The molecule has 0 aromatic rings. The van der Waals surface area contributed by atoms with Crippen molar-refractivity contribution in [2.75, 3.05) is 0 Å². The van der Waals surface area contributed by atoms with Crippen LogP contribution in [0.15, 0.2) is 0 Å². The van der Waals surface area contributed by atoms with Gasteiger partial charge in [-0.3, -0.25) is 0 Å². The SMILES string of the molecule is ClC(Cl)Cl.O=[P+](O)O. The molecule has 8 heavy (non-hydrogen) atoms. The number of hydrogen-bond donors (Lipinski definition) is 2. The van der Waals surface area contributed by atoms with Gasteiger partial charge in [0.2, 0.25) is 0 Å². The zero-order chi connectivity index (χ0) is 7.15. The van der Waals surface area contributed by atoms with Crippen molar-refractivity contribution >= 4 is 43.1 Å². The summed E-state index contributed by atoms with van der Waals surface area (Å²) in [6.07, 6.45) is 0. The molecule has 0 aliphatic heterocycles. The lowest BCUT2D eigenvalue weighted by Crippen LogP contribution is -1.55. The Bertz CT molecular complexity index is 58.8. The largest absolute Gasteiger partial charge is 0.692 e. The van der Waals surface area contributed by atoms with Crippen LogP contribution < -0.4 is 0 Å². The lowest BCUT2D eigenvalue weighted by atomic mass is 11.9. The van der Waals surface area contributed by atoms with Crippen molar-refractivity contribution in [2.45, 2.75) is 4.30 Å². The summed E-state index contributed by atoms with van der Waals surface area (Å²) in [6.45, 7) is 0. The van der Waals surface area contributed by atoms with E-state index in [-0.39, 0.29) is 0 Å². The fourth-order valence-electron chi connectivity index (χ4n) is 0. The first-order valence-corrected chi connectivity index (χ1v) is 3.71. The van der Waals surface area contributed by atoms with Crippen molar-refractivity contribution in [1.29, 1.82) is 0 Å². The van der Waals surface area contributed by atoms with Gasteiger partial charge >= 0.3 is 8.25 Å². The average Bonchev–Trinajstić information content (AvgIpc) is 1.25. The molecule has 0 atom stereocenters. The highest BCUT2D eigenvalue weighted by molar-refractivity contribution is 7.30. The Hall–Kier alpha value is 0.890. The first-order chi connectivity index (χ1) is 3.46. The minimum Gasteiger partial charge on any atom is -0.134 e. The maximum absolute atomic E-state index is 8.70. The third kappa shape index (κ3) is 302. The summed E-state index contributed by atoms with van der Waals surface area (Å²) in [5.41, 5.74) is 0. The second-order valence-electron chi connectivity index (χ2n) is 0.500. The van der Waals surface area contributed by atoms with Gasteiger partial charge in [-0.2, -0.15) is 0 Å². The monoisotopic (exact) mass is 199 g/mol. The number of rotatable bonds is 0. The number of hydrogen-bond acceptors (Lipinski definition) is 1. The van der Waals surface area contributed by atoms with Crippen LogP contribution in [-0.2, 0) is 4.57 Å². The van der Waals surface area contributed by atoms with E-state index in [0.29, 0.717) is 0 Å². The number of halogens is 3. The topological polar surface area (TPSA) is 57.5 Å². The Morgan fingerprint density at radius 1 is 1.25 bits per heavy atom. The fourth-order valence-corrected chi connectivity index (χ4v) is 0. The number of alkyl halides is 3. The fraction of sp³-hybridized carbons (Fsp3) is 1.00. The van der Waals surface area contributed by atoms with Gasteiger partial charge in [0.25, 0.3) is 0 Å². The normalized spacial score (nSPS) is 7.75. The zero-order valence-electron chi connectivity index (χ0n) is 3.46. The molecule has 3 nitrogen and oxygen atoms in total. The molecule has 7 heteroatoms. The van der Waals surface area contributed by atoms with E-state index in [4.69, 9.17) is 49.2 Å². The molecule has 0 unspecified atom stereocenters. The lowest BCUT2D eigenvalue weighted by molar-refractivity contribution is 0.405. The van der Waals surface area contributed by atoms with Crippen molar-refractivity contribution in [1.82, 2.24) is 0 Å². The smallest absolute Gasteiger partial charge is 0.134 e. The summed E-state index contributed by atoms with van der Waals surface area (Å²) in [5.74, 6) is 0. The van der Waals surface area contributed by atoms with Gasteiger partial charge in [0.15, 0.2) is 4.30 Å². The Morgan fingerprint density at radius 2 is 1.25 bits per heavy atom. The van der Waals surface area contributed by atoms with Gasteiger partial charge in [0, 0.05) is 4.57 Å². The van der Waals surface area contributed by atoms with Crippen LogP contribution >= 0.6 is 43.1 Å². The summed E-state index contributed by atoms with van der Waals surface area (Å²) in [6, 6.07) is 0. The summed E-state index contributed by atoms with van der Waals surface area (Å²) in [7, 11) is -2.87. The molecule has 0 heterocycles. The quantitative estimate of drug-likeness (QED) is 0.461. The minimum atomic E-state index is -2.87. The Morgan fingerprint density at radius 3 is 1.25 bits per heavy atom. The van der Waals surface area contributed by atoms with Gasteiger partial charge in [-0.15, -0.1) is 9.79 Å². The minimum absolute atomic E-state index is 0.750. The lowest BCUT2D eigenvalue weighted by Gasteiger charge is -1.69. The van der Waals surface area contributed by atoms with Gasteiger partial charge in [0.05, 0.1) is 0 Å². The highest BCUT2D eigenvalue weighted by Gasteiger charge is 1.93. The van der Waals surface area contributed by atoms with E-state index >= 15 is 0 Å². The van der Waals surface area contributed by atoms with Gasteiger partial charge in [0.1, 0.15) is 0 Å². The highest BCUT2D eigenvalue weighted by Crippen LogP contribution is 2.03. The van der Waals surface area contributed by atoms with E-state index in [1.54, 1.807) is 0 Å². The van der Waals surface area contributed by atoms with E-state index < -0.39 is 12.6 Å². The molecule has 0 aromatic carbocycles. The molecule has 0 rings (SSSR count). The highest BCUT2D eigenvalue weighted by atomic mass is 35.6. The molecule has 0 aliphatic rings. The van der Waals surface area contributed by atoms with Crippen LogP contribution in [0.4, 0.5) is 0 Å². The van der Waals surface area contributed by atoms with E-state index in [9.17, 15) is 0 Å². The van der Waals surface area contributed by atoms with E-state index in [1.807, 2.05) is 0 Å². The van der Waals surface area contributed by atoms with Gasteiger partial charge in [-0.1, -0.05) is 34.8 Å². The maximum Gasteiger partial charge on any atom is 0.692 e. The van der Waals surface area contributed by atoms with Gasteiger partial charge in [-0.05, 0) is 0 Å². The first kappa shape index (κ1) is 11.7. The van der Waals surface area contributed by atoms with Crippen LogP contribution in [0.1, 0.15) is 0 Å². The van der Waals surface area contributed by atoms with Gasteiger partial charge in [-0.25, -0.2) is 0 Å². The molecule has 0 saturated heterocycles. The van der Waals surface area contributed by atoms with Crippen LogP contribution in [0.25, 0.3) is 0 Å². The van der Waals surface area contributed by atoms with Crippen LogP contribution in [0, 0.1) is 0 Å². The molecule has 0 aliphatic carbocycles. The van der Waals surface area contributed by atoms with Crippen molar-refractivity contribution in [3.05, 3.63) is 0 Å². The average molecular weight is 200 g/mol. The van der Waals surface area contributed by atoms with Crippen molar-refractivity contribution in [2.24, 2.45) is 0 Å². The zero-order valence-corrected chi connectivity index (χ0v) is 6.62. The summed E-state index contributed by atoms with van der Waals surface area (Å²) in [5, 5.41) is 0.